The van der Waals surface area contributed by atoms with Crippen LogP contribution >= 0.6 is 15.9 Å². The fraction of sp³-hybridized carbons (Fsp3) is 0.154. The minimum Gasteiger partial charge on any atom is -0.399 e. The molecule has 0 unspecified atom stereocenters. The number of hydrogen-bond acceptors (Lipinski definition) is 4. The Morgan fingerprint density at radius 3 is 2.89 bits per heavy atom. The van der Waals surface area contributed by atoms with Gasteiger partial charge in [-0.05, 0) is 31.2 Å². The van der Waals surface area contributed by atoms with Crippen molar-refractivity contribution in [2.24, 2.45) is 0 Å². The van der Waals surface area contributed by atoms with E-state index < -0.39 is 0 Å². The number of nitrogen functional groups attached to an aromatic ring is 1. The van der Waals surface area contributed by atoms with Crippen LogP contribution in [0.15, 0.2) is 34.9 Å². The Bertz CT molecular complexity index is 595. The van der Waals surface area contributed by atoms with Gasteiger partial charge < -0.3 is 11.1 Å². The number of benzene rings is 1. The lowest BCUT2D eigenvalue weighted by Gasteiger charge is -2.06. The topological polar surface area (TPSA) is 80.9 Å². The van der Waals surface area contributed by atoms with Gasteiger partial charge in [-0.2, -0.15) is 0 Å². The molecule has 0 saturated carbocycles. The second-order valence-electron chi connectivity index (χ2n) is 4.05. The number of hydrogen-bond donors (Lipinski definition) is 2. The largest absolute Gasteiger partial charge is 0.399 e. The van der Waals surface area contributed by atoms with Crippen LogP contribution < -0.4 is 11.1 Å². The van der Waals surface area contributed by atoms with Gasteiger partial charge in [-0.25, -0.2) is 9.97 Å². The Morgan fingerprint density at radius 2 is 2.21 bits per heavy atom. The molecule has 0 atom stereocenters. The van der Waals surface area contributed by atoms with Crippen molar-refractivity contribution < 1.29 is 4.79 Å². The second-order valence-corrected chi connectivity index (χ2v) is 4.97. The molecule has 0 bridgehead atoms. The van der Waals surface area contributed by atoms with Crippen molar-refractivity contribution in [1.82, 2.24) is 15.3 Å². The van der Waals surface area contributed by atoms with Gasteiger partial charge in [-0.1, -0.05) is 15.9 Å². The van der Waals surface area contributed by atoms with Crippen LogP contribution in [0.1, 0.15) is 21.9 Å². The number of carbonyl (C=O) groups is 1. The highest BCUT2D eigenvalue weighted by molar-refractivity contribution is 9.10. The summed E-state index contributed by atoms with van der Waals surface area (Å²) in [4.78, 5) is 20.2. The summed E-state index contributed by atoms with van der Waals surface area (Å²) in [7, 11) is 0. The number of nitrogens with zero attached hydrogens (tertiary/aromatic N) is 2. The van der Waals surface area contributed by atoms with Crippen molar-refractivity contribution in [3.63, 3.8) is 0 Å². The fourth-order valence-corrected chi connectivity index (χ4v) is 2.13. The predicted octanol–water partition coefficient (Wildman–Crippen LogP) is 2.06. The van der Waals surface area contributed by atoms with Gasteiger partial charge in [0.25, 0.3) is 5.91 Å². The van der Waals surface area contributed by atoms with Gasteiger partial charge in [0.05, 0.1) is 12.2 Å². The third-order valence-electron chi connectivity index (χ3n) is 2.45. The van der Waals surface area contributed by atoms with Gasteiger partial charge in [0, 0.05) is 21.9 Å². The summed E-state index contributed by atoms with van der Waals surface area (Å²) in [5.41, 5.74) is 7.51. The SMILES string of the molecule is Cc1nccc(CNC(=O)c2cc(N)cc(Br)c2)n1. The number of halogens is 1. The van der Waals surface area contributed by atoms with Crippen LogP contribution in [-0.4, -0.2) is 15.9 Å². The number of aromatic nitrogens is 2. The van der Waals surface area contributed by atoms with E-state index in [0.717, 1.165) is 10.2 Å². The Hall–Kier alpha value is -1.95. The maximum absolute atomic E-state index is 12.0. The molecule has 2 rings (SSSR count). The van der Waals surface area contributed by atoms with Crippen LogP contribution in [0.5, 0.6) is 0 Å². The summed E-state index contributed by atoms with van der Waals surface area (Å²) in [6.07, 6.45) is 1.67. The Kier molecular flexibility index (Phi) is 4.11. The fourth-order valence-electron chi connectivity index (χ4n) is 1.62. The van der Waals surface area contributed by atoms with E-state index in [0.29, 0.717) is 23.6 Å². The third kappa shape index (κ3) is 3.75. The molecule has 2 aromatic rings. The Balaban J connectivity index is 2.05. The number of rotatable bonds is 3. The Morgan fingerprint density at radius 1 is 1.42 bits per heavy atom. The molecule has 1 aromatic heterocycles. The zero-order valence-corrected chi connectivity index (χ0v) is 11.9. The molecule has 98 valence electrons. The van der Waals surface area contributed by atoms with E-state index in [1.54, 1.807) is 37.4 Å². The van der Waals surface area contributed by atoms with Crippen LogP contribution in [0.4, 0.5) is 5.69 Å². The van der Waals surface area contributed by atoms with Crippen molar-refractivity contribution in [3.05, 3.63) is 52.0 Å². The summed E-state index contributed by atoms with van der Waals surface area (Å²) < 4.78 is 0.774. The molecule has 0 aliphatic rings. The van der Waals surface area contributed by atoms with E-state index >= 15 is 0 Å². The van der Waals surface area contributed by atoms with Gasteiger partial charge in [0.15, 0.2) is 0 Å². The normalized spacial score (nSPS) is 10.2. The highest BCUT2D eigenvalue weighted by atomic mass is 79.9. The average molecular weight is 321 g/mol. The van der Waals surface area contributed by atoms with Crippen molar-refractivity contribution in [3.8, 4) is 0 Å². The lowest BCUT2D eigenvalue weighted by molar-refractivity contribution is 0.0950. The number of nitrogens with two attached hydrogens (primary N) is 1. The van der Waals surface area contributed by atoms with Gasteiger partial charge >= 0.3 is 0 Å². The summed E-state index contributed by atoms with van der Waals surface area (Å²) in [5, 5.41) is 2.79. The summed E-state index contributed by atoms with van der Waals surface area (Å²) in [6, 6.07) is 6.86. The molecule has 0 aliphatic heterocycles. The molecule has 0 radical (unpaired) electrons. The highest BCUT2D eigenvalue weighted by Gasteiger charge is 2.07. The summed E-state index contributed by atoms with van der Waals surface area (Å²) in [5.74, 6) is 0.489. The molecule has 0 aliphatic carbocycles. The number of amides is 1. The molecular weight excluding hydrogens is 308 g/mol. The number of aryl methyl sites for hydroxylation is 1. The highest BCUT2D eigenvalue weighted by Crippen LogP contribution is 2.17. The number of anilines is 1. The molecule has 6 heteroatoms. The van der Waals surface area contributed by atoms with E-state index in [1.165, 1.54) is 0 Å². The molecule has 1 aromatic carbocycles. The third-order valence-corrected chi connectivity index (χ3v) is 2.90. The minimum atomic E-state index is -0.190. The van der Waals surface area contributed by atoms with Crippen LogP contribution in [0.2, 0.25) is 0 Å². The van der Waals surface area contributed by atoms with Crippen LogP contribution in [0.3, 0.4) is 0 Å². The van der Waals surface area contributed by atoms with Crippen molar-refractivity contribution >= 4 is 27.5 Å². The molecular formula is C13H13BrN4O. The van der Waals surface area contributed by atoms with Crippen LogP contribution in [0.25, 0.3) is 0 Å². The molecule has 0 saturated heterocycles. The van der Waals surface area contributed by atoms with Gasteiger partial charge in [-0.3, -0.25) is 4.79 Å². The monoisotopic (exact) mass is 320 g/mol. The van der Waals surface area contributed by atoms with Crippen molar-refractivity contribution in [1.29, 1.82) is 0 Å². The standard InChI is InChI=1S/C13H13BrN4O/c1-8-16-3-2-12(18-8)7-17-13(19)9-4-10(14)6-11(15)5-9/h2-6H,7,15H2,1H3,(H,17,19). The molecule has 19 heavy (non-hydrogen) atoms. The quantitative estimate of drug-likeness (QED) is 0.848. The van der Waals surface area contributed by atoms with Crippen LogP contribution in [0, 0.1) is 6.92 Å². The second kappa shape index (κ2) is 5.79. The zero-order valence-electron chi connectivity index (χ0n) is 10.4. The zero-order chi connectivity index (χ0) is 13.8. The molecule has 5 nitrogen and oxygen atoms in total. The van der Waals surface area contributed by atoms with E-state index in [9.17, 15) is 4.79 Å². The first kappa shape index (κ1) is 13.5. The number of carbonyl (C=O) groups excluding carboxylic acids is 1. The van der Waals surface area contributed by atoms with Crippen molar-refractivity contribution in [2.45, 2.75) is 13.5 Å². The molecule has 1 amide bonds. The Labute approximate surface area is 119 Å². The van der Waals surface area contributed by atoms with E-state index in [4.69, 9.17) is 5.73 Å². The van der Waals surface area contributed by atoms with Gasteiger partial charge in [0.2, 0.25) is 0 Å². The smallest absolute Gasteiger partial charge is 0.251 e. The maximum Gasteiger partial charge on any atom is 0.251 e. The lowest BCUT2D eigenvalue weighted by atomic mass is 10.2. The van der Waals surface area contributed by atoms with Gasteiger partial charge in [0.1, 0.15) is 5.82 Å². The van der Waals surface area contributed by atoms with E-state index in [1.807, 2.05) is 0 Å². The minimum absolute atomic E-state index is 0.190. The molecule has 0 spiro atoms. The maximum atomic E-state index is 12.0. The summed E-state index contributed by atoms with van der Waals surface area (Å²) in [6.45, 7) is 2.16. The van der Waals surface area contributed by atoms with E-state index in [2.05, 4.69) is 31.2 Å². The van der Waals surface area contributed by atoms with Crippen LogP contribution in [-0.2, 0) is 6.54 Å². The predicted molar refractivity (Wildman–Crippen MR) is 76.5 cm³/mol. The first-order chi connectivity index (χ1) is 9.04. The number of nitrogens with one attached hydrogen (secondary N) is 1. The van der Waals surface area contributed by atoms with Crippen molar-refractivity contribution in [2.75, 3.05) is 5.73 Å². The molecule has 0 fully saturated rings. The van der Waals surface area contributed by atoms with E-state index in [-0.39, 0.29) is 5.91 Å². The molecule has 3 N–H and O–H groups in total. The average Bonchev–Trinajstić information content (AvgIpc) is 2.35. The summed E-state index contributed by atoms with van der Waals surface area (Å²) >= 11 is 3.31. The first-order valence-electron chi connectivity index (χ1n) is 5.67. The lowest BCUT2D eigenvalue weighted by Crippen LogP contribution is -2.23. The first-order valence-corrected chi connectivity index (χ1v) is 6.46. The van der Waals surface area contributed by atoms with Gasteiger partial charge in [-0.15, -0.1) is 0 Å². The molecule has 1 heterocycles.